The molecule has 1 amide bonds. The molecule has 0 bridgehead atoms. The van der Waals surface area contributed by atoms with Crippen molar-refractivity contribution in [3.63, 3.8) is 0 Å². The fourth-order valence-corrected chi connectivity index (χ4v) is 2.25. The van der Waals surface area contributed by atoms with Gasteiger partial charge in [0.15, 0.2) is 5.69 Å². The smallest absolute Gasteiger partial charge is 0.295 e. The summed E-state index contributed by atoms with van der Waals surface area (Å²) in [5.74, 6) is -1.34. The Kier molecular flexibility index (Phi) is 4.24. The number of aromatic amines is 2. The summed E-state index contributed by atoms with van der Waals surface area (Å²) >= 11 is 0. The Morgan fingerprint density at radius 3 is 2.46 bits per heavy atom. The summed E-state index contributed by atoms with van der Waals surface area (Å²) in [7, 11) is 0. The van der Waals surface area contributed by atoms with Crippen molar-refractivity contribution in [1.82, 2.24) is 30.6 Å². The first-order valence-electron chi connectivity index (χ1n) is 7.74. The minimum atomic E-state index is -0.835. The molecule has 0 atom stereocenters. The predicted octanol–water partition coefficient (Wildman–Crippen LogP) is 1.21. The third kappa shape index (κ3) is 3.43. The van der Waals surface area contributed by atoms with Crippen molar-refractivity contribution in [1.29, 1.82) is 0 Å². The number of hydrogen-bond donors (Lipinski definition) is 4. The van der Waals surface area contributed by atoms with E-state index in [1.165, 1.54) is 0 Å². The van der Waals surface area contributed by atoms with Gasteiger partial charge >= 0.3 is 0 Å². The van der Waals surface area contributed by atoms with Crippen LogP contribution in [0.1, 0.15) is 36.7 Å². The van der Waals surface area contributed by atoms with Crippen molar-refractivity contribution < 1.29 is 9.90 Å². The van der Waals surface area contributed by atoms with Gasteiger partial charge in [0, 0.05) is 5.56 Å². The monoisotopic (exact) mass is 355 g/mol. The lowest BCUT2D eigenvalue weighted by Crippen LogP contribution is -2.19. The van der Waals surface area contributed by atoms with E-state index in [-0.39, 0.29) is 22.9 Å². The molecule has 0 saturated heterocycles. The van der Waals surface area contributed by atoms with Crippen LogP contribution in [0, 0.1) is 0 Å². The molecule has 0 radical (unpaired) electrons. The summed E-state index contributed by atoms with van der Waals surface area (Å²) in [5, 5.41) is 25.2. The second-order valence-electron chi connectivity index (χ2n) is 6.63. The van der Waals surface area contributed by atoms with Gasteiger partial charge < -0.3 is 5.11 Å². The zero-order valence-electron chi connectivity index (χ0n) is 14.4. The summed E-state index contributed by atoms with van der Waals surface area (Å²) in [6.07, 6.45) is 0. The maximum Gasteiger partial charge on any atom is 0.295 e. The molecule has 3 rings (SSSR count). The van der Waals surface area contributed by atoms with Crippen LogP contribution in [0.3, 0.4) is 0 Å². The number of hydrogen-bond acceptors (Lipinski definition) is 7. The molecule has 10 nitrogen and oxygen atoms in total. The fraction of sp³-hybridized carbons (Fsp3) is 0.250. The van der Waals surface area contributed by atoms with Crippen LogP contribution in [0.2, 0.25) is 0 Å². The van der Waals surface area contributed by atoms with Crippen molar-refractivity contribution in [3.05, 3.63) is 45.7 Å². The molecule has 134 valence electrons. The van der Waals surface area contributed by atoms with Crippen molar-refractivity contribution in [2.45, 2.75) is 26.2 Å². The molecule has 0 aliphatic rings. The van der Waals surface area contributed by atoms with Gasteiger partial charge in [-0.1, -0.05) is 32.9 Å². The minimum absolute atomic E-state index is 0.0295. The van der Waals surface area contributed by atoms with Gasteiger partial charge in [-0.05, 0) is 28.3 Å². The van der Waals surface area contributed by atoms with Gasteiger partial charge in [0.25, 0.3) is 11.5 Å². The average Bonchev–Trinajstić information content (AvgIpc) is 3.11. The van der Waals surface area contributed by atoms with E-state index in [0.717, 1.165) is 5.56 Å². The topological polar surface area (TPSA) is 150 Å². The van der Waals surface area contributed by atoms with Crippen molar-refractivity contribution in [2.75, 3.05) is 5.32 Å². The molecule has 0 aliphatic carbocycles. The van der Waals surface area contributed by atoms with Crippen LogP contribution in [0.15, 0.2) is 29.1 Å². The number of anilines is 1. The van der Waals surface area contributed by atoms with Gasteiger partial charge in [-0.25, -0.2) is 4.98 Å². The third-order valence-electron chi connectivity index (χ3n) is 3.70. The Labute approximate surface area is 147 Å². The Morgan fingerprint density at radius 2 is 1.88 bits per heavy atom. The number of rotatable bonds is 3. The molecular formula is C16H17N7O3. The molecule has 10 heteroatoms. The van der Waals surface area contributed by atoms with E-state index >= 15 is 0 Å². The van der Waals surface area contributed by atoms with Crippen LogP contribution in [-0.4, -0.2) is 41.6 Å². The van der Waals surface area contributed by atoms with Crippen LogP contribution in [0.5, 0.6) is 5.75 Å². The number of amides is 1. The molecule has 3 aromatic rings. The fourth-order valence-electron chi connectivity index (χ4n) is 2.25. The Morgan fingerprint density at radius 1 is 1.19 bits per heavy atom. The van der Waals surface area contributed by atoms with Gasteiger partial charge in [-0.15, -0.1) is 10.2 Å². The van der Waals surface area contributed by atoms with Gasteiger partial charge in [0.05, 0.1) is 0 Å². The largest absolute Gasteiger partial charge is 0.501 e. The Hall–Kier alpha value is -3.56. The first kappa shape index (κ1) is 17.3. The van der Waals surface area contributed by atoms with Gasteiger partial charge in [0.2, 0.25) is 17.5 Å². The number of nitrogens with one attached hydrogen (secondary N) is 3. The van der Waals surface area contributed by atoms with E-state index < -0.39 is 17.2 Å². The molecule has 2 aromatic heterocycles. The van der Waals surface area contributed by atoms with Gasteiger partial charge in [-0.3, -0.25) is 19.9 Å². The number of H-pyrrole nitrogens is 2. The van der Waals surface area contributed by atoms with E-state index in [2.05, 4.69) is 56.7 Å². The maximum absolute atomic E-state index is 12.4. The number of tetrazole rings is 1. The van der Waals surface area contributed by atoms with Gasteiger partial charge in [0.1, 0.15) is 0 Å². The highest BCUT2D eigenvalue weighted by atomic mass is 16.3. The summed E-state index contributed by atoms with van der Waals surface area (Å²) in [6.45, 7) is 6.23. The summed E-state index contributed by atoms with van der Waals surface area (Å²) in [5.41, 5.74) is 0.427. The van der Waals surface area contributed by atoms with Crippen LogP contribution in [0.4, 0.5) is 5.95 Å². The molecule has 2 heterocycles. The highest BCUT2D eigenvalue weighted by Gasteiger charge is 2.18. The number of aromatic nitrogens is 6. The molecule has 0 saturated carbocycles. The highest BCUT2D eigenvalue weighted by molar-refractivity contribution is 6.03. The lowest BCUT2D eigenvalue weighted by molar-refractivity contribution is 0.102. The second kappa shape index (κ2) is 6.39. The van der Waals surface area contributed by atoms with Crippen LogP contribution in [0.25, 0.3) is 11.5 Å². The first-order valence-corrected chi connectivity index (χ1v) is 7.74. The zero-order valence-corrected chi connectivity index (χ0v) is 14.4. The normalized spacial score (nSPS) is 11.3. The molecule has 0 aliphatic heterocycles. The molecule has 1 aromatic carbocycles. The number of nitrogens with zero attached hydrogens (tertiary/aromatic N) is 4. The average molecular weight is 355 g/mol. The van der Waals surface area contributed by atoms with Crippen molar-refractivity contribution >= 4 is 11.9 Å². The molecular weight excluding hydrogens is 338 g/mol. The van der Waals surface area contributed by atoms with Gasteiger partial charge in [-0.2, -0.15) is 5.21 Å². The summed E-state index contributed by atoms with van der Waals surface area (Å²) in [6, 6.07) is 7.11. The molecule has 0 spiro atoms. The quantitative estimate of drug-likeness (QED) is 0.551. The molecule has 0 unspecified atom stereocenters. The first-order chi connectivity index (χ1) is 12.3. The lowest BCUT2D eigenvalue weighted by Gasteiger charge is -2.19. The predicted molar refractivity (Wildman–Crippen MR) is 92.8 cm³/mol. The second-order valence-corrected chi connectivity index (χ2v) is 6.63. The minimum Gasteiger partial charge on any atom is -0.501 e. The Balaban J connectivity index is 1.87. The summed E-state index contributed by atoms with van der Waals surface area (Å²) in [4.78, 5) is 30.5. The van der Waals surface area contributed by atoms with E-state index in [4.69, 9.17) is 0 Å². The Bertz CT molecular complexity index is 986. The standard InChI is InChI=1S/C16H17N7O3/c1-16(2,3)9-6-4-8(5-7-9)13(25)18-15-17-10(11(24)14(26)19-15)12-20-22-23-21-12/h4-7,24H,1-3H3,(H,20,21,22,23)(H2,17,18,19,25,26). The maximum atomic E-state index is 12.4. The van der Waals surface area contributed by atoms with E-state index in [9.17, 15) is 14.7 Å². The van der Waals surface area contributed by atoms with Crippen LogP contribution < -0.4 is 10.9 Å². The van der Waals surface area contributed by atoms with Crippen molar-refractivity contribution in [2.24, 2.45) is 0 Å². The molecule has 26 heavy (non-hydrogen) atoms. The van der Waals surface area contributed by atoms with E-state index in [0.29, 0.717) is 5.56 Å². The summed E-state index contributed by atoms with van der Waals surface area (Å²) < 4.78 is 0. The molecule has 4 N–H and O–H groups in total. The third-order valence-corrected chi connectivity index (χ3v) is 3.70. The SMILES string of the molecule is CC(C)(C)c1ccc(C(=O)Nc2nc(-c3nn[nH]n3)c(O)c(=O)[nH]2)cc1. The number of benzene rings is 1. The zero-order chi connectivity index (χ0) is 18.9. The van der Waals surface area contributed by atoms with Crippen LogP contribution >= 0.6 is 0 Å². The van der Waals surface area contributed by atoms with E-state index in [1.807, 2.05) is 12.1 Å². The number of carbonyl (C=O) groups is 1. The van der Waals surface area contributed by atoms with E-state index in [1.54, 1.807) is 12.1 Å². The van der Waals surface area contributed by atoms with Crippen molar-refractivity contribution in [3.8, 4) is 17.3 Å². The number of aromatic hydroxyl groups is 1. The highest BCUT2D eigenvalue weighted by Crippen LogP contribution is 2.23. The number of carbonyl (C=O) groups excluding carboxylic acids is 1. The lowest BCUT2D eigenvalue weighted by atomic mass is 9.87. The molecule has 0 fully saturated rings. The van der Waals surface area contributed by atoms with Crippen LogP contribution in [-0.2, 0) is 5.41 Å².